The zero-order valence-corrected chi connectivity index (χ0v) is 17.2. The van der Waals surface area contributed by atoms with E-state index in [2.05, 4.69) is 0 Å². The number of benzene rings is 3. The zero-order chi connectivity index (χ0) is 20.6. The van der Waals surface area contributed by atoms with Crippen LogP contribution in [0.15, 0.2) is 83.8 Å². The first-order valence-electron chi connectivity index (χ1n) is 8.88. The molecule has 0 radical (unpaired) electrons. The van der Waals surface area contributed by atoms with E-state index >= 15 is 0 Å². The Balaban J connectivity index is 1.99. The lowest BCUT2D eigenvalue weighted by molar-refractivity contribution is 0.596. The lowest BCUT2D eigenvalue weighted by atomic mass is 10.1. The second kappa shape index (κ2) is 7.48. The standard InChI is InChI=1S/C22H18ClN3O2S/c1-15-5-4-6-17(13-15)21-14-19(16-9-11-18(23)12-10-16)25-26(21)20-7-2-3-8-22(20)29(24,27)28/h2-14H,1H3,(H2,24,27,28). The van der Waals surface area contributed by atoms with Crippen LogP contribution in [0.2, 0.25) is 5.02 Å². The first-order valence-corrected chi connectivity index (χ1v) is 10.8. The minimum atomic E-state index is -3.93. The monoisotopic (exact) mass is 423 g/mol. The number of nitrogens with zero attached hydrogens (tertiary/aromatic N) is 2. The average molecular weight is 424 g/mol. The Morgan fingerprint density at radius 3 is 2.31 bits per heavy atom. The predicted molar refractivity (Wildman–Crippen MR) is 116 cm³/mol. The Morgan fingerprint density at radius 2 is 1.62 bits per heavy atom. The van der Waals surface area contributed by atoms with Crippen molar-refractivity contribution in [3.63, 3.8) is 0 Å². The van der Waals surface area contributed by atoms with Crippen molar-refractivity contribution in [2.45, 2.75) is 11.8 Å². The van der Waals surface area contributed by atoms with Crippen molar-refractivity contribution in [1.82, 2.24) is 9.78 Å². The van der Waals surface area contributed by atoms with Crippen molar-refractivity contribution >= 4 is 21.6 Å². The molecule has 1 aromatic heterocycles. The van der Waals surface area contributed by atoms with Crippen LogP contribution in [0.1, 0.15) is 5.56 Å². The van der Waals surface area contributed by atoms with Crippen LogP contribution in [-0.4, -0.2) is 18.2 Å². The molecule has 1 heterocycles. The molecule has 7 heteroatoms. The summed E-state index contributed by atoms with van der Waals surface area (Å²) in [4.78, 5) is 0.0136. The maximum absolute atomic E-state index is 12.2. The van der Waals surface area contributed by atoms with Crippen LogP contribution in [0.4, 0.5) is 0 Å². The molecule has 0 spiro atoms. The molecule has 0 unspecified atom stereocenters. The summed E-state index contributed by atoms with van der Waals surface area (Å²) < 4.78 is 26.0. The third-order valence-corrected chi connectivity index (χ3v) is 5.77. The fourth-order valence-electron chi connectivity index (χ4n) is 3.21. The number of nitrogens with two attached hydrogens (primary N) is 1. The van der Waals surface area contributed by atoms with Gasteiger partial charge in [-0.1, -0.05) is 59.6 Å². The summed E-state index contributed by atoms with van der Waals surface area (Å²) in [5, 5.41) is 10.8. The molecule has 29 heavy (non-hydrogen) atoms. The zero-order valence-electron chi connectivity index (χ0n) is 15.6. The second-order valence-electron chi connectivity index (χ2n) is 6.72. The molecule has 0 bridgehead atoms. The molecule has 0 fully saturated rings. The number of rotatable bonds is 4. The molecule has 2 N–H and O–H groups in total. The van der Waals surface area contributed by atoms with Crippen LogP contribution in [0.25, 0.3) is 28.2 Å². The smallest absolute Gasteiger partial charge is 0.231 e. The van der Waals surface area contributed by atoms with Crippen LogP contribution >= 0.6 is 11.6 Å². The van der Waals surface area contributed by atoms with Gasteiger partial charge in [0, 0.05) is 16.1 Å². The van der Waals surface area contributed by atoms with Gasteiger partial charge >= 0.3 is 0 Å². The summed E-state index contributed by atoms with van der Waals surface area (Å²) in [5.41, 5.74) is 4.73. The molecule has 5 nitrogen and oxygen atoms in total. The molecular weight excluding hydrogens is 406 g/mol. The highest BCUT2D eigenvalue weighted by atomic mass is 35.5. The van der Waals surface area contributed by atoms with Gasteiger partial charge in [-0.15, -0.1) is 0 Å². The Hall–Kier alpha value is -2.93. The highest BCUT2D eigenvalue weighted by Crippen LogP contribution is 2.31. The maximum Gasteiger partial charge on any atom is 0.240 e. The molecule has 0 saturated carbocycles. The highest BCUT2D eigenvalue weighted by molar-refractivity contribution is 7.89. The second-order valence-corrected chi connectivity index (χ2v) is 8.68. The van der Waals surface area contributed by atoms with E-state index in [1.807, 2.05) is 49.4 Å². The van der Waals surface area contributed by atoms with Gasteiger partial charge in [0.05, 0.1) is 17.1 Å². The quantitative estimate of drug-likeness (QED) is 0.511. The minimum Gasteiger partial charge on any atom is -0.231 e. The number of primary sulfonamides is 1. The van der Waals surface area contributed by atoms with Crippen molar-refractivity contribution in [1.29, 1.82) is 0 Å². The average Bonchev–Trinajstić information content (AvgIpc) is 3.13. The van der Waals surface area contributed by atoms with Crippen molar-refractivity contribution in [3.8, 4) is 28.2 Å². The van der Waals surface area contributed by atoms with E-state index in [4.69, 9.17) is 21.8 Å². The van der Waals surface area contributed by atoms with Gasteiger partial charge < -0.3 is 0 Å². The van der Waals surface area contributed by atoms with Gasteiger partial charge in [-0.25, -0.2) is 18.2 Å². The molecule has 146 valence electrons. The Kier molecular flexibility index (Phi) is 5.00. The maximum atomic E-state index is 12.2. The molecule has 0 amide bonds. The SMILES string of the molecule is Cc1cccc(-c2cc(-c3ccc(Cl)cc3)nn2-c2ccccc2S(N)(=O)=O)c1. The fraction of sp³-hybridized carbons (Fsp3) is 0.0455. The van der Waals surface area contributed by atoms with Crippen LogP contribution in [0.3, 0.4) is 0 Å². The molecule has 4 rings (SSSR count). The Labute approximate surface area is 174 Å². The van der Waals surface area contributed by atoms with Gasteiger partial charge in [0.15, 0.2) is 0 Å². The van der Waals surface area contributed by atoms with Crippen molar-refractivity contribution in [2.75, 3.05) is 0 Å². The minimum absolute atomic E-state index is 0.0136. The number of aryl methyl sites for hydroxylation is 1. The number of hydrogen-bond donors (Lipinski definition) is 1. The van der Waals surface area contributed by atoms with Crippen molar-refractivity contribution in [2.24, 2.45) is 5.14 Å². The fourth-order valence-corrected chi connectivity index (χ4v) is 4.05. The molecule has 0 aliphatic carbocycles. The third-order valence-electron chi connectivity index (χ3n) is 4.56. The summed E-state index contributed by atoms with van der Waals surface area (Å²) in [6.45, 7) is 2.00. The van der Waals surface area contributed by atoms with E-state index in [0.29, 0.717) is 16.4 Å². The van der Waals surface area contributed by atoms with Crippen molar-refractivity contribution in [3.05, 3.63) is 89.4 Å². The topological polar surface area (TPSA) is 78.0 Å². The summed E-state index contributed by atoms with van der Waals surface area (Å²) in [7, 11) is -3.93. The molecule has 3 aromatic carbocycles. The van der Waals surface area contributed by atoms with E-state index < -0.39 is 10.0 Å². The molecule has 4 aromatic rings. The van der Waals surface area contributed by atoms with E-state index in [9.17, 15) is 8.42 Å². The van der Waals surface area contributed by atoms with E-state index in [0.717, 1.165) is 22.4 Å². The van der Waals surface area contributed by atoms with E-state index in [1.165, 1.54) is 6.07 Å². The van der Waals surface area contributed by atoms with Crippen LogP contribution in [-0.2, 0) is 10.0 Å². The molecule has 0 aliphatic rings. The summed E-state index contributed by atoms with van der Waals surface area (Å²) in [6, 6.07) is 23.8. The number of hydrogen-bond acceptors (Lipinski definition) is 3. The van der Waals surface area contributed by atoms with Gasteiger partial charge in [-0.3, -0.25) is 0 Å². The van der Waals surface area contributed by atoms with Gasteiger partial charge in [-0.2, -0.15) is 5.10 Å². The molecule has 0 aliphatic heterocycles. The Morgan fingerprint density at radius 1 is 0.897 bits per heavy atom. The number of sulfonamides is 1. The lowest BCUT2D eigenvalue weighted by Crippen LogP contribution is -2.16. The molecular formula is C22H18ClN3O2S. The first kappa shape index (κ1) is 19.4. The Bertz CT molecular complexity index is 1300. The normalized spacial score (nSPS) is 11.6. The number of halogens is 1. The van der Waals surface area contributed by atoms with Gasteiger partial charge in [0.25, 0.3) is 0 Å². The first-order chi connectivity index (χ1) is 13.8. The largest absolute Gasteiger partial charge is 0.240 e. The lowest BCUT2D eigenvalue weighted by Gasteiger charge is -2.11. The molecule has 0 saturated heterocycles. The third kappa shape index (κ3) is 3.96. The summed E-state index contributed by atoms with van der Waals surface area (Å²) in [6.07, 6.45) is 0. The van der Waals surface area contributed by atoms with E-state index in [-0.39, 0.29) is 4.90 Å². The predicted octanol–water partition coefficient (Wildman–Crippen LogP) is 4.82. The summed E-state index contributed by atoms with van der Waals surface area (Å²) >= 11 is 6.01. The number of aromatic nitrogens is 2. The number of para-hydroxylation sites is 1. The van der Waals surface area contributed by atoms with E-state index in [1.54, 1.807) is 35.0 Å². The van der Waals surface area contributed by atoms with Crippen LogP contribution in [0.5, 0.6) is 0 Å². The van der Waals surface area contributed by atoms with Gasteiger partial charge in [0.1, 0.15) is 4.90 Å². The highest BCUT2D eigenvalue weighted by Gasteiger charge is 2.20. The summed E-state index contributed by atoms with van der Waals surface area (Å²) in [5.74, 6) is 0. The van der Waals surface area contributed by atoms with Crippen LogP contribution < -0.4 is 5.14 Å². The molecule has 0 atom stereocenters. The van der Waals surface area contributed by atoms with Gasteiger partial charge in [-0.05, 0) is 43.3 Å². The van der Waals surface area contributed by atoms with Crippen LogP contribution in [0, 0.1) is 6.92 Å². The van der Waals surface area contributed by atoms with Crippen molar-refractivity contribution < 1.29 is 8.42 Å². The van der Waals surface area contributed by atoms with Gasteiger partial charge in [0.2, 0.25) is 10.0 Å².